The van der Waals surface area contributed by atoms with Gasteiger partial charge in [-0.25, -0.2) is 0 Å². The molecule has 0 radical (unpaired) electrons. The highest BCUT2D eigenvalue weighted by Gasteiger charge is 2.16. The van der Waals surface area contributed by atoms with Crippen LogP contribution in [0, 0.1) is 6.92 Å². The highest BCUT2D eigenvalue weighted by molar-refractivity contribution is 5.78. The molecule has 1 fully saturated rings. The van der Waals surface area contributed by atoms with Gasteiger partial charge < -0.3 is 15.2 Å². The van der Waals surface area contributed by atoms with Crippen molar-refractivity contribution in [2.75, 3.05) is 6.54 Å². The van der Waals surface area contributed by atoms with Gasteiger partial charge in [-0.1, -0.05) is 18.0 Å². The normalized spacial score (nSPS) is 16.3. The van der Waals surface area contributed by atoms with E-state index in [1.807, 2.05) is 0 Å². The van der Waals surface area contributed by atoms with Crippen molar-refractivity contribution in [3.05, 3.63) is 11.7 Å². The van der Waals surface area contributed by atoms with Crippen molar-refractivity contribution in [3.63, 3.8) is 0 Å². The second-order valence-corrected chi connectivity index (χ2v) is 4.38. The zero-order valence-electron chi connectivity index (χ0n) is 10.0. The molecular formula is C11H18N4O2. The van der Waals surface area contributed by atoms with Crippen LogP contribution in [0.25, 0.3) is 0 Å². The Labute approximate surface area is 100 Å². The minimum atomic E-state index is 0.0390. The Hall–Kier alpha value is -1.43. The van der Waals surface area contributed by atoms with Crippen molar-refractivity contribution < 1.29 is 9.32 Å². The topological polar surface area (TPSA) is 80.0 Å². The molecule has 1 amide bonds. The summed E-state index contributed by atoms with van der Waals surface area (Å²) in [4.78, 5) is 15.6. The second-order valence-electron chi connectivity index (χ2n) is 4.38. The van der Waals surface area contributed by atoms with Crippen LogP contribution in [-0.4, -0.2) is 28.6 Å². The maximum atomic E-state index is 11.6. The average Bonchev–Trinajstić information content (AvgIpc) is 2.90. The SMILES string of the molecule is Cc1nc(CNCC(=O)NC2CCCC2)no1. The molecule has 1 aliphatic carbocycles. The zero-order chi connectivity index (χ0) is 12.1. The summed E-state index contributed by atoms with van der Waals surface area (Å²) >= 11 is 0. The number of carbonyl (C=O) groups excluding carboxylic acids is 1. The third-order valence-electron chi connectivity index (χ3n) is 2.86. The molecule has 1 aliphatic rings. The lowest BCUT2D eigenvalue weighted by Crippen LogP contribution is -2.39. The predicted molar refractivity (Wildman–Crippen MR) is 61.1 cm³/mol. The van der Waals surface area contributed by atoms with Crippen molar-refractivity contribution in [1.82, 2.24) is 20.8 Å². The Morgan fingerprint density at radius 3 is 2.88 bits per heavy atom. The van der Waals surface area contributed by atoms with E-state index in [0.29, 0.717) is 30.8 Å². The largest absolute Gasteiger partial charge is 0.352 e. The Bertz CT molecular complexity index is 371. The van der Waals surface area contributed by atoms with Crippen LogP contribution in [0.4, 0.5) is 0 Å². The number of rotatable bonds is 5. The van der Waals surface area contributed by atoms with Gasteiger partial charge in [-0.05, 0) is 12.8 Å². The van der Waals surface area contributed by atoms with Gasteiger partial charge in [0.2, 0.25) is 11.8 Å². The summed E-state index contributed by atoms with van der Waals surface area (Å²) in [6, 6.07) is 0.372. The van der Waals surface area contributed by atoms with E-state index in [0.717, 1.165) is 12.8 Å². The lowest BCUT2D eigenvalue weighted by Gasteiger charge is -2.11. The fraction of sp³-hybridized carbons (Fsp3) is 0.727. The van der Waals surface area contributed by atoms with E-state index in [1.54, 1.807) is 6.92 Å². The first kappa shape index (κ1) is 12.0. The van der Waals surface area contributed by atoms with Crippen LogP contribution in [0.5, 0.6) is 0 Å². The van der Waals surface area contributed by atoms with Crippen LogP contribution < -0.4 is 10.6 Å². The predicted octanol–water partition coefficient (Wildman–Crippen LogP) is 0.526. The van der Waals surface area contributed by atoms with Crippen molar-refractivity contribution in [2.24, 2.45) is 0 Å². The molecule has 0 aliphatic heterocycles. The van der Waals surface area contributed by atoms with Gasteiger partial charge in [-0.3, -0.25) is 4.79 Å². The number of hydrogen-bond acceptors (Lipinski definition) is 5. The lowest BCUT2D eigenvalue weighted by atomic mass is 10.2. The molecule has 1 aromatic rings. The second kappa shape index (κ2) is 5.77. The molecule has 0 bridgehead atoms. The van der Waals surface area contributed by atoms with Gasteiger partial charge in [0, 0.05) is 13.0 Å². The molecular weight excluding hydrogens is 220 g/mol. The van der Waals surface area contributed by atoms with Gasteiger partial charge in [0.25, 0.3) is 0 Å². The fourth-order valence-corrected chi connectivity index (χ4v) is 2.05. The highest BCUT2D eigenvalue weighted by Crippen LogP contribution is 2.17. The number of nitrogens with one attached hydrogen (secondary N) is 2. The fourth-order valence-electron chi connectivity index (χ4n) is 2.05. The lowest BCUT2D eigenvalue weighted by molar-refractivity contribution is -0.120. The van der Waals surface area contributed by atoms with Gasteiger partial charge in [-0.15, -0.1) is 0 Å². The van der Waals surface area contributed by atoms with Gasteiger partial charge in [0.15, 0.2) is 5.82 Å². The molecule has 17 heavy (non-hydrogen) atoms. The van der Waals surface area contributed by atoms with Crippen molar-refractivity contribution in [3.8, 4) is 0 Å². The maximum Gasteiger partial charge on any atom is 0.234 e. The summed E-state index contributed by atoms with van der Waals surface area (Å²) in [5, 5.41) is 9.73. The number of aryl methyl sites for hydroxylation is 1. The van der Waals surface area contributed by atoms with Crippen molar-refractivity contribution in [1.29, 1.82) is 0 Å². The molecule has 1 heterocycles. The van der Waals surface area contributed by atoms with Gasteiger partial charge in [0.05, 0.1) is 13.1 Å². The molecule has 0 aromatic carbocycles. The number of hydrogen-bond donors (Lipinski definition) is 2. The van der Waals surface area contributed by atoms with Crippen LogP contribution in [0.3, 0.4) is 0 Å². The molecule has 0 saturated heterocycles. The monoisotopic (exact) mass is 238 g/mol. The first-order valence-corrected chi connectivity index (χ1v) is 6.03. The Kier molecular flexibility index (Phi) is 4.08. The van der Waals surface area contributed by atoms with Crippen molar-refractivity contribution >= 4 is 5.91 Å². The summed E-state index contributed by atoms with van der Waals surface area (Å²) < 4.78 is 4.83. The van der Waals surface area contributed by atoms with Crippen molar-refractivity contribution in [2.45, 2.75) is 45.2 Å². The standard InChI is InChI=1S/C11H18N4O2/c1-8-13-10(15-17-8)6-12-7-11(16)14-9-4-2-3-5-9/h9,12H,2-7H2,1H3,(H,14,16). The summed E-state index contributed by atoms with van der Waals surface area (Å²) in [5.41, 5.74) is 0. The summed E-state index contributed by atoms with van der Waals surface area (Å²) in [7, 11) is 0. The van der Waals surface area contributed by atoms with E-state index in [2.05, 4.69) is 20.8 Å². The van der Waals surface area contributed by atoms with Crippen LogP contribution in [0.15, 0.2) is 4.52 Å². The molecule has 1 saturated carbocycles. The summed E-state index contributed by atoms with van der Waals surface area (Å²) in [5.74, 6) is 1.16. The summed E-state index contributed by atoms with van der Waals surface area (Å²) in [6.07, 6.45) is 4.66. The molecule has 0 atom stereocenters. The Balaban J connectivity index is 1.62. The maximum absolute atomic E-state index is 11.6. The van der Waals surface area contributed by atoms with E-state index in [4.69, 9.17) is 4.52 Å². The summed E-state index contributed by atoms with van der Waals surface area (Å²) in [6.45, 7) is 2.49. The minimum Gasteiger partial charge on any atom is -0.352 e. The number of amides is 1. The van der Waals surface area contributed by atoms with Crippen LogP contribution in [-0.2, 0) is 11.3 Å². The smallest absolute Gasteiger partial charge is 0.234 e. The van der Waals surface area contributed by atoms with Crippen LogP contribution >= 0.6 is 0 Å². The van der Waals surface area contributed by atoms with E-state index in [1.165, 1.54) is 12.8 Å². The quantitative estimate of drug-likeness (QED) is 0.782. The number of carbonyl (C=O) groups is 1. The molecule has 1 aromatic heterocycles. The van der Waals surface area contributed by atoms with E-state index < -0.39 is 0 Å². The van der Waals surface area contributed by atoms with Gasteiger partial charge in [0.1, 0.15) is 0 Å². The molecule has 2 N–H and O–H groups in total. The van der Waals surface area contributed by atoms with Gasteiger partial charge in [-0.2, -0.15) is 4.98 Å². The van der Waals surface area contributed by atoms with Crippen LogP contribution in [0.1, 0.15) is 37.4 Å². The van der Waals surface area contributed by atoms with E-state index >= 15 is 0 Å². The third-order valence-corrected chi connectivity index (χ3v) is 2.86. The van der Waals surface area contributed by atoms with E-state index in [-0.39, 0.29) is 5.91 Å². The van der Waals surface area contributed by atoms with Crippen LogP contribution in [0.2, 0.25) is 0 Å². The number of nitrogens with zero attached hydrogens (tertiary/aromatic N) is 2. The third kappa shape index (κ3) is 3.81. The molecule has 2 rings (SSSR count). The molecule has 94 valence electrons. The molecule has 6 heteroatoms. The minimum absolute atomic E-state index is 0.0390. The van der Waals surface area contributed by atoms with E-state index in [9.17, 15) is 4.79 Å². The van der Waals surface area contributed by atoms with Gasteiger partial charge >= 0.3 is 0 Å². The average molecular weight is 238 g/mol. The highest BCUT2D eigenvalue weighted by atomic mass is 16.5. The Morgan fingerprint density at radius 1 is 1.47 bits per heavy atom. The molecule has 6 nitrogen and oxygen atoms in total. The number of aromatic nitrogens is 2. The zero-order valence-corrected chi connectivity index (χ0v) is 10.0. The molecule has 0 spiro atoms. The first-order valence-electron chi connectivity index (χ1n) is 6.03. The Morgan fingerprint density at radius 2 is 2.24 bits per heavy atom. The first-order chi connectivity index (χ1) is 8.24. The molecule has 0 unspecified atom stereocenters.